The van der Waals surface area contributed by atoms with E-state index in [9.17, 15) is 36.1 Å². The average molecular weight is 685 g/mol. The molecule has 0 amide bonds. The molecule has 3 aromatic carbocycles. The van der Waals surface area contributed by atoms with Gasteiger partial charge in [0.1, 0.15) is 17.7 Å². The lowest BCUT2D eigenvalue weighted by Gasteiger charge is -2.31. The second-order valence-electron chi connectivity index (χ2n) is 13.0. The lowest BCUT2D eigenvalue weighted by molar-refractivity contribution is -0.157. The van der Waals surface area contributed by atoms with E-state index in [0.717, 1.165) is 0 Å². The number of rotatable bonds is 13. The Morgan fingerprint density at radius 3 is 1.49 bits per heavy atom. The number of esters is 2. The molecule has 0 spiro atoms. The Kier molecular flexibility index (Phi) is 12.3. The maximum Gasteiger partial charge on any atom is 0.392 e. The van der Waals surface area contributed by atoms with Gasteiger partial charge in [0.2, 0.25) is 34.8 Å². The molecule has 0 aliphatic heterocycles. The Balaban J connectivity index is 2.15. The highest BCUT2D eigenvalue weighted by Crippen LogP contribution is 2.44. The third-order valence-corrected chi connectivity index (χ3v) is 7.97. The van der Waals surface area contributed by atoms with Crippen LogP contribution >= 0.6 is 7.67 Å². The highest BCUT2D eigenvalue weighted by molar-refractivity contribution is 7.55. The van der Waals surface area contributed by atoms with Crippen molar-refractivity contribution in [3.8, 4) is 5.75 Å². The first-order chi connectivity index (χ1) is 21.8. The monoisotopic (exact) mass is 684 g/mol. The molecule has 0 aliphatic rings. The number of nitrogens with one attached hydrogen (secondary N) is 2. The molecule has 2 N–H and O–H groups in total. The van der Waals surface area contributed by atoms with Crippen molar-refractivity contribution in [2.24, 2.45) is 5.41 Å². The van der Waals surface area contributed by atoms with Crippen molar-refractivity contribution in [1.82, 2.24) is 10.2 Å². The molecule has 0 aromatic heterocycles. The first kappa shape index (κ1) is 37.7. The summed E-state index contributed by atoms with van der Waals surface area (Å²) < 4.78 is 103. The van der Waals surface area contributed by atoms with E-state index in [0.29, 0.717) is 11.1 Å². The maximum absolute atomic E-state index is 14.9. The van der Waals surface area contributed by atoms with Gasteiger partial charge in [0.05, 0.1) is 6.61 Å². The van der Waals surface area contributed by atoms with Crippen LogP contribution in [0.5, 0.6) is 5.75 Å². The predicted octanol–water partition coefficient (Wildman–Crippen LogP) is 7.20. The molecule has 0 aliphatic carbocycles. The number of ether oxygens (including phenoxy) is 2. The maximum atomic E-state index is 14.9. The van der Waals surface area contributed by atoms with E-state index in [4.69, 9.17) is 14.0 Å². The fourth-order valence-corrected chi connectivity index (χ4v) is 5.93. The summed E-state index contributed by atoms with van der Waals surface area (Å²) in [6, 6.07) is 13.4. The molecule has 0 radical (unpaired) electrons. The highest BCUT2D eigenvalue weighted by Gasteiger charge is 2.41. The second-order valence-corrected chi connectivity index (χ2v) is 14.8. The Hall–Kier alpha value is -3.80. The summed E-state index contributed by atoms with van der Waals surface area (Å²) >= 11 is 0. The van der Waals surface area contributed by atoms with Crippen LogP contribution in [0, 0.1) is 34.5 Å². The van der Waals surface area contributed by atoms with Crippen LogP contribution in [0.3, 0.4) is 0 Å². The minimum Gasteiger partial charge on any atom is -0.464 e. The van der Waals surface area contributed by atoms with E-state index in [-0.39, 0.29) is 19.4 Å². The van der Waals surface area contributed by atoms with Gasteiger partial charge in [-0.25, -0.2) is 27.9 Å². The fraction of sp³-hybridized carbons (Fsp3) is 0.394. The van der Waals surface area contributed by atoms with E-state index < -0.39 is 77.5 Å². The zero-order valence-electron chi connectivity index (χ0n) is 26.8. The van der Waals surface area contributed by atoms with Crippen molar-refractivity contribution < 1.29 is 50.1 Å². The smallest absolute Gasteiger partial charge is 0.392 e. The van der Waals surface area contributed by atoms with E-state index in [1.165, 1.54) is 0 Å². The highest BCUT2D eigenvalue weighted by atomic mass is 31.2. The molecule has 47 heavy (non-hydrogen) atoms. The molecule has 1 unspecified atom stereocenters. The van der Waals surface area contributed by atoms with Crippen molar-refractivity contribution in [1.29, 1.82) is 0 Å². The van der Waals surface area contributed by atoms with Crippen molar-refractivity contribution in [3.05, 3.63) is 101 Å². The third-order valence-electron chi connectivity index (χ3n) is 6.23. The first-order valence-electron chi connectivity index (χ1n) is 14.6. The molecule has 8 nitrogen and oxygen atoms in total. The molecule has 0 saturated carbocycles. The SMILES string of the molecule is CC(C)(C)COC(=O)[C@@H](Cc1ccccc1)NP(=O)(N[C@H](Cc1ccccc1)C(=O)OC(C)(C)C)Oc1c(F)c(F)c(F)c(F)c1F. The van der Waals surface area contributed by atoms with Gasteiger partial charge in [0, 0.05) is 0 Å². The van der Waals surface area contributed by atoms with Gasteiger partial charge < -0.3 is 14.0 Å². The Morgan fingerprint density at radius 2 is 1.09 bits per heavy atom. The van der Waals surface area contributed by atoms with E-state index in [2.05, 4.69) is 10.2 Å². The predicted molar refractivity (Wildman–Crippen MR) is 165 cm³/mol. The number of carbonyl (C=O) groups is 2. The van der Waals surface area contributed by atoms with Gasteiger partial charge in [-0.1, -0.05) is 81.4 Å². The van der Waals surface area contributed by atoms with Crippen LogP contribution in [0.4, 0.5) is 22.0 Å². The fourth-order valence-electron chi connectivity index (χ4n) is 4.12. The largest absolute Gasteiger partial charge is 0.464 e. The average Bonchev–Trinajstić information content (AvgIpc) is 2.99. The zero-order valence-corrected chi connectivity index (χ0v) is 27.7. The number of hydrogen-bond acceptors (Lipinski definition) is 6. The summed E-state index contributed by atoms with van der Waals surface area (Å²) in [5, 5.41) is 4.74. The number of hydrogen-bond donors (Lipinski definition) is 2. The number of benzene rings is 3. The Bertz CT molecular complexity index is 1570. The molecule has 0 bridgehead atoms. The van der Waals surface area contributed by atoms with Crippen molar-refractivity contribution >= 4 is 19.6 Å². The second kappa shape index (κ2) is 15.4. The van der Waals surface area contributed by atoms with E-state index in [1.807, 2.05) is 0 Å². The topological polar surface area (TPSA) is 103 Å². The summed E-state index contributed by atoms with van der Waals surface area (Å²) in [7, 11) is -5.21. The van der Waals surface area contributed by atoms with Crippen molar-refractivity contribution in [3.63, 3.8) is 0 Å². The van der Waals surface area contributed by atoms with Gasteiger partial charge in [-0.3, -0.25) is 9.59 Å². The van der Waals surface area contributed by atoms with Gasteiger partial charge >= 0.3 is 19.6 Å². The molecule has 0 heterocycles. The lowest BCUT2D eigenvalue weighted by Crippen LogP contribution is -2.48. The van der Waals surface area contributed by atoms with Crippen molar-refractivity contribution in [2.75, 3.05) is 6.61 Å². The zero-order chi connectivity index (χ0) is 35.2. The summed E-state index contributed by atoms with van der Waals surface area (Å²) in [5.74, 6) is -15.9. The van der Waals surface area contributed by atoms with Crippen LogP contribution in [0.1, 0.15) is 52.7 Å². The Labute approximate surface area is 270 Å². The van der Waals surface area contributed by atoms with Crippen LogP contribution in [0.25, 0.3) is 0 Å². The first-order valence-corrected chi connectivity index (χ1v) is 16.2. The summed E-state index contributed by atoms with van der Waals surface area (Å²) in [5.41, 5.74) is -0.518. The molecule has 256 valence electrons. The summed E-state index contributed by atoms with van der Waals surface area (Å²) in [6.45, 7) is 9.96. The molecular weight excluding hydrogens is 646 g/mol. The Morgan fingerprint density at radius 1 is 0.681 bits per heavy atom. The normalized spacial score (nSPS) is 14.5. The molecule has 14 heteroatoms. The number of halogens is 5. The van der Waals surface area contributed by atoms with Crippen molar-refractivity contribution in [2.45, 2.75) is 72.1 Å². The molecule has 3 atom stereocenters. The quantitative estimate of drug-likeness (QED) is 0.0641. The van der Waals surface area contributed by atoms with Crippen LogP contribution in [-0.2, 0) is 36.5 Å². The van der Waals surface area contributed by atoms with Gasteiger partial charge in [-0.2, -0.15) is 8.78 Å². The van der Waals surface area contributed by atoms with Crippen LogP contribution in [0.2, 0.25) is 0 Å². The van der Waals surface area contributed by atoms with E-state index in [1.54, 1.807) is 102 Å². The van der Waals surface area contributed by atoms with Gasteiger partial charge in [0.25, 0.3) is 0 Å². The molecule has 3 rings (SSSR count). The lowest BCUT2D eigenvalue weighted by atomic mass is 9.98. The molecule has 3 aromatic rings. The van der Waals surface area contributed by atoms with E-state index >= 15 is 0 Å². The third kappa shape index (κ3) is 11.2. The van der Waals surface area contributed by atoms with Gasteiger partial charge in [0.15, 0.2) is 0 Å². The standard InChI is InChI=1S/C33H38F5N2O6P/c1-32(2,3)19-44-30(41)22(17-20-13-9-7-10-14-20)39-47(43,46-29-27(37)25(35)24(34)26(36)28(29)38)40-23(31(42)45-33(4,5)6)18-21-15-11-8-12-16-21/h7-16,22-23H,17-19H2,1-6H3,(H2,39,40,43)/t22-,23-,47?/m1/s1. The molecule has 0 fully saturated rings. The molecular formula is C33H38F5N2O6P. The minimum atomic E-state index is -5.21. The minimum absolute atomic E-state index is 0.0937. The van der Waals surface area contributed by atoms with Crippen LogP contribution in [0.15, 0.2) is 60.7 Å². The van der Waals surface area contributed by atoms with Gasteiger partial charge in [-0.05, 0) is 50.2 Å². The van der Waals surface area contributed by atoms with Crippen LogP contribution < -0.4 is 14.7 Å². The van der Waals surface area contributed by atoms with Crippen LogP contribution in [-0.4, -0.2) is 36.2 Å². The summed E-state index contributed by atoms with van der Waals surface area (Å²) in [4.78, 5) is 26.8. The number of carbonyl (C=O) groups excluding carboxylic acids is 2. The summed E-state index contributed by atoms with van der Waals surface area (Å²) in [6.07, 6.45) is -0.439. The van der Waals surface area contributed by atoms with Gasteiger partial charge in [-0.15, -0.1) is 0 Å². The molecule has 0 saturated heterocycles.